The minimum absolute atomic E-state index is 0.353. The fraction of sp³-hybridized carbons (Fsp3) is 0.600. The van der Waals surface area contributed by atoms with Crippen LogP contribution in [0.3, 0.4) is 0 Å². The van der Waals surface area contributed by atoms with Gasteiger partial charge in [0.25, 0.3) is 0 Å². The van der Waals surface area contributed by atoms with Crippen molar-refractivity contribution in [2.24, 2.45) is 0 Å². The van der Waals surface area contributed by atoms with E-state index in [9.17, 15) is 5.11 Å². The predicted molar refractivity (Wildman–Crippen MR) is 79.1 cm³/mol. The summed E-state index contributed by atoms with van der Waals surface area (Å²) in [5.74, 6) is 0.353. The minimum atomic E-state index is 0.353. The normalized spacial score (nSPS) is 18.7. The third kappa shape index (κ3) is 3.66. The van der Waals surface area contributed by atoms with Crippen molar-refractivity contribution >= 4 is 11.8 Å². The molecule has 1 aliphatic carbocycles. The van der Waals surface area contributed by atoms with E-state index >= 15 is 0 Å². The summed E-state index contributed by atoms with van der Waals surface area (Å²) in [6, 6.07) is 7.50. The highest BCUT2D eigenvalue weighted by atomic mass is 32.2. The maximum Gasteiger partial charge on any atom is 0.115 e. The van der Waals surface area contributed by atoms with Crippen molar-refractivity contribution in [3.8, 4) is 5.75 Å². The van der Waals surface area contributed by atoms with Crippen LogP contribution < -0.4 is 5.32 Å². The fourth-order valence-electron chi connectivity index (χ4n) is 2.75. The molecule has 1 fully saturated rings. The van der Waals surface area contributed by atoms with Crippen molar-refractivity contribution in [1.82, 2.24) is 5.32 Å². The zero-order chi connectivity index (χ0) is 12.8. The molecule has 3 heteroatoms. The molecule has 1 aliphatic rings. The lowest BCUT2D eigenvalue weighted by Crippen LogP contribution is -2.39. The van der Waals surface area contributed by atoms with Gasteiger partial charge in [-0.3, -0.25) is 0 Å². The molecule has 2 N–H and O–H groups in total. The molecule has 0 bridgehead atoms. The molecule has 0 atom stereocenters. The van der Waals surface area contributed by atoms with Gasteiger partial charge in [0.15, 0.2) is 0 Å². The van der Waals surface area contributed by atoms with E-state index in [0.717, 1.165) is 18.7 Å². The van der Waals surface area contributed by atoms with Crippen molar-refractivity contribution in [3.63, 3.8) is 0 Å². The SMILES string of the molecule is CSC1(CNCc2cccc(O)c2)CCCCC1. The first kappa shape index (κ1) is 13.8. The number of hydrogen-bond donors (Lipinski definition) is 2. The number of rotatable bonds is 5. The Morgan fingerprint density at radius 1 is 1.28 bits per heavy atom. The highest BCUT2D eigenvalue weighted by Crippen LogP contribution is 2.37. The van der Waals surface area contributed by atoms with Crippen LogP contribution in [0.1, 0.15) is 37.7 Å². The van der Waals surface area contributed by atoms with Crippen LogP contribution in [0.15, 0.2) is 24.3 Å². The van der Waals surface area contributed by atoms with Crippen LogP contribution in [0.2, 0.25) is 0 Å². The van der Waals surface area contributed by atoms with Crippen LogP contribution in [-0.4, -0.2) is 22.7 Å². The van der Waals surface area contributed by atoms with Gasteiger partial charge in [0.1, 0.15) is 5.75 Å². The minimum Gasteiger partial charge on any atom is -0.508 e. The predicted octanol–water partition coefficient (Wildman–Crippen LogP) is 3.55. The molecular formula is C15H23NOS. The lowest BCUT2D eigenvalue weighted by atomic mass is 9.88. The largest absolute Gasteiger partial charge is 0.508 e. The van der Waals surface area contributed by atoms with E-state index in [1.54, 1.807) is 6.07 Å². The molecule has 100 valence electrons. The summed E-state index contributed by atoms with van der Waals surface area (Å²) in [6.45, 7) is 1.92. The van der Waals surface area contributed by atoms with Crippen LogP contribution >= 0.6 is 11.8 Å². The lowest BCUT2D eigenvalue weighted by molar-refractivity contribution is 0.379. The van der Waals surface area contributed by atoms with E-state index in [1.807, 2.05) is 23.9 Å². The first-order valence-corrected chi connectivity index (χ1v) is 8.00. The highest BCUT2D eigenvalue weighted by molar-refractivity contribution is 8.00. The summed E-state index contributed by atoms with van der Waals surface area (Å²) in [6.07, 6.45) is 9.04. The molecule has 0 radical (unpaired) electrons. The maximum absolute atomic E-state index is 9.43. The molecule has 18 heavy (non-hydrogen) atoms. The van der Waals surface area contributed by atoms with E-state index < -0.39 is 0 Å². The van der Waals surface area contributed by atoms with E-state index in [-0.39, 0.29) is 0 Å². The molecule has 0 aromatic heterocycles. The lowest BCUT2D eigenvalue weighted by Gasteiger charge is -2.36. The van der Waals surface area contributed by atoms with Gasteiger partial charge in [0.2, 0.25) is 0 Å². The average Bonchev–Trinajstić information content (AvgIpc) is 2.40. The Hall–Kier alpha value is -0.670. The number of aromatic hydroxyl groups is 1. The Bertz CT molecular complexity index is 375. The molecule has 1 saturated carbocycles. The van der Waals surface area contributed by atoms with Crippen LogP contribution in [-0.2, 0) is 6.54 Å². The second-order valence-electron chi connectivity index (χ2n) is 5.22. The first-order chi connectivity index (χ1) is 8.74. The quantitative estimate of drug-likeness (QED) is 0.854. The fourth-order valence-corrected chi connectivity index (χ4v) is 3.69. The van der Waals surface area contributed by atoms with Crippen molar-refractivity contribution in [1.29, 1.82) is 0 Å². The molecule has 0 saturated heterocycles. The van der Waals surface area contributed by atoms with Crippen molar-refractivity contribution in [2.75, 3.05) is 12.8 Å². The highest BCUT2D eigenvalue weighted by Gasteiger charge is 2.30. The number of hydrogen-bond acceptors (Lipinski definition) is 3. The topological polar surface area (TPSA) is 32.3 Å². The molecule has 1 aromatic carbocycles. The van der Waals surface area contributed by atoms with Crippen LogP contribution in [0.25, 0.3) is 0 Å². The zero-order valence-corrected chi connectivity index (χ0v) is 11.9. The van der Waals surface area contributed by atoms with Crippen LogP contribution in [0.5, 0.6) is 5.75 Å². The molecule has 0 amide bonds. The summed E-state index contributed by atoms with van der Waals surface area (Å²) in [4.78, 5) is 0. The van der Waals surface area contributed by atoms with Crippen LogP contribution in [0, 0.1) is 0 Å². The van der Waals surface area contributed by atoms with Gasteiger partial charge in [-0.25, -0.2) is 0 Å². The number of nitrogens with one attached hydrogen (secondary N) is 1. The van der Waals surface area contributed by atoms with E-state index in [1.165, 1.54) is 32.1 Å². The summed E-state index contributed by atoms with van der Waals surface area (Å²) in [5.41, 5.74) is 1.15. The molecule has 0 heterocycles. The van der Waals surface area contributed by atoms with Crippen molar-refractivity contribution in [3.05, 3.63) is 29.8 Å². The van der Waals surface area contributed by atoms with Crippen molar-refractivity contribution < 1.29 is 5.11 Å². The second kappa shape index (κ2) is 6.48. The van der Waals surface area contributed by atoms with E-state index in [0.29, 0.717) is 10.5 Å². The van der Waals surface area contributed by atoms with Gasteiger partial charge >= 0.3 is 0 Å². The Morgan fingerprint density at radius 2 is 2.06 bits per heavy atom. The number of thioether (sulfide) groups is 1. The van der Waals surface area contributed by atoms with Gasteiger partial charge in [0.05, 0.1) is 0 Å². The monoisotopic (exact) mass is 265 g/mol. The Labute approximate surface area is 114 Å². The second-order valence-corrected chi connectivity index (χ2v) is 6.50. The maximum atomic E-state index is 9.43. The molecule has 0 aliphatic heterocycles. The Morgan fingerprint density at radius 3 is 2.72 bits per heavy atom. The van der Waals surface area contributed by atoms with E-state index in [2.05, 4.69) is 17.6 Å². The summed E-state index contributed by atoms with van der Waals surface area (Å²) < 4.78 is 0.440. The third-order valence-corrected chi connectivity index (χ3v) is 5.30. The van der Waals surface area contributed by atoms with Gasteiger partial charge in [-0.15, -0.1) is 0 Å². The van der Waals surface area contributed by atoms with Gasteiger partial charge in [-0.1, -0.05) is 31.4 Å². The molecule has 0 spiro atoms. The smallest absolute Gasteiger partial charge is 0.115 e. The Kier molecular flexibility index (Phi) is 4.95. The average molecular weight is 265 g/mol. The standard InChI is InChI=1S/C15H23NOS/c1-18-15(8-3-2-4-9-15)12-16-11-13-6-5-7-14(17)10-13/h5-7,10,16-17H,2-4,8-9,11-12H2,1H3. The zero-order valence-electron chi connectivity index (χ0n) is 11.1. The first-order valence-electron chi connectivity index (χ1n) is 6.78. The summed E-state index contributed by atoms with van der Waals surface area (Å²) in [5, 5.41) is 13.0. The van der Waals surface area contributed by atoms with Crippen LogP contribution in [0.4, 0.5) is 0 Å². The summed E-state index contributed by atoms with van der Waals surface area (Å²) >= 11 is 2.02. The Balaban J connectivity index is 1.83. The molecule has 1 aromatic rings. The number of phenols is 1. The molecular weight excluding hydrogens is 242 g/mol. The van der Waals surface area contributed by atoms with Gasteiger partial charge < -0.3 is 10.4 Å². The number of phenolic OH excluding ortho intramolecular Hbond substituents is 1. The molecule has 2 nitrogen and oxygen atoms in total. The van der Waals surface area contributed by atoms with Gasteiger partial charge in [-0.05, 0) is 36.8 Å². The van der Waals surface area contributed by atoms with Crippen molar-refractivity contribution in [2.45, 2.75) is 43.4 Å². The third-order valence-electron chi connectivity index (χ3n) is 3.88. The van der Waals surface area contributed by atoms with Gasteiger partial charge in [0, 0.05) is 17.8 Å². The van der Waals surface area contributed by atoms with Gasteiger partial charge in [-0.2, -0.15) is 11.8 Å². The molecule has 2 rings (SSSR count). The summed E-state index contributed by atoms with van der Waals surface area (Å²) in [7, 11) is 0. The van der Waals surface area contributed by atoms with E-state index in [4.69, 9.17) is 0 Å². The molecule has 0 unspecified atom stereocenters. The number of benzene rings is 1.